The predicted octanol–water partition coefficient (Wildman–Crippen LogP) is 2.49. The molecule has 26 heavy (non-hydrogen) atoms. The van der Waals surface area contributed by atoms with Gasteiger partial charge in [0.05, 0.1) is 17.9 Å². The van der Waals surface area contributed by atoms with Crippen LogP contribution in [-0.2, 0) is 11.3 Å². The summed E-state index contributed by atoms with van der Waals surface area (Å²) < 4.78 is 5.34. The number of hydrogen-bond acceptors (Lipinski definition) is 5. The van der Waals surface area contributed by atoms with E-state index in [4.69, 9.17) is 10.2 Å². The van der Waals surface area contributed by atoms with Crippen LogP contribution in [0, 0.1) is 0 Å². The minimum Gasteiger partial charge on any atom is -0.430 e. The number of nitrogens with two attached hydrogens (primary N) is 1. The minimum absolute atomic E-state index is 0.104. The number of guanidine groups is 1. The molecule has 0 aromatic carbocycles. The van der Waals surface area contributed by atoms with Gasteiger partial charge in [0.25, 0.3) is 0 Å². The first kappa shape index (κ1) is 19.4. The summed E-state index contributed by atoms with van der Waals surface area (Å²) in [7, 11) is 0. The maximum Gasteiger partial charge on any atom is 0.325 e. The largest absolute Gasteiger partial charge is 0.430 e. The molecule has 0 radical (unpaired) electrons. The molecular formula is C18H26N6O2. The zero-order valence-corrected chi connectivity index (χ0v) is 15.3. The van der Waals surface area contributed by atoms with E-state index in [1.807, 2.05) is 18.2 Å². The maximum atomic E-state index is 11.0. The van der Waals surface area contributed by atoms with Crippen molar-refractivity contribution in [1.29, 1.82) is 0 Å². The summed E-state index contributed by atoms with van der Waals surface area (Å²) in [6.45, 7) is 4.78. The van der Waals surface area contributed by atoms with E-state index in [-0.39, 0.29) is 17.9 Å². The molecule has 0 saturated heterocycles. The van der Waals surface area contributed by atoms with Gasteiger partial charge in [-0.05, 0) is 18.6 Å². The van der Waals surface area contributed by atoms with Crippen molar-refractivity contribution in [2.24, 2.45) is 10.7 Å². The molecule has 2 heterocycles. The van der Waals surface area contributed by atoms with Gasteiger partial charge in [0.15, 0.2) is 5.96 Å². The summed E-state index contributed by atoms with van der Waals surface area (Å²) in [6, 6.07) is 5.67. The number of pyridine rings is 1. The number of aliphatic imine (C=N–C) groups is 1. The highest BCUT2D eigenvalue weighted by molar-refractivity contribution is 5.79. The number of aromatic nitrogens is 2. The van der Waals surface area contributed by atoms with Crippen LogP contribution in [0.2, 0.25) is 0 Å². The standard InChI is InChI=1S/C18H26N6O2/c1-3-4-5-6-10-20-17(19)24-18-23-16(12-26-18)15-9-7-8-14(22-15)11-21-13(2)25/h7-9,12H,3-6,10-11H2,1-2H3,(H,21,25)(H3,19,20,23,24). The molecule has 0 atom stereocenters. The molecule has 0 bridgehead atoms. The number of nitrogens with zero attached hydrogens (tertiary/aromatic N) is 3. The van der Waals surface area contributed by atoms with E-state index in [1.54, 1.807) is 0 Å². The Morgan fingerprint density at radius 1 is 1.19 bits per heavy atom. The van der Waals surface area contributed by atoms with Crippen LogP contribution < -0.4 is 16.4 Å². The molecule has 0 unspecified atom stereocenters. The third-order valence-electron chi connectivity index (χ3n) is 3.63. The van der Waals surface area contributed by atoms with Crippen molar-refractivity contribution >= 4 is 17.9 Å². The summed E-state index contributed by atoms with van der Waals surface area (Å²) in [5.41, 5.74) is 7.78. The molecule has 0 aliphatic heterocycles. The Morgan fingerprint density at radius 2 is 2.04 bits per heavy atom. The van der Waals surface area contributed by atoms with Crippen molar-refractivity contribution < 1.29 is 9.21 Å². The molecule has 0 spiro atoms. The average molecular weight is 358 g/mol. The number of hydrogen-bond donors (Lipinski definition) is 3. The van der Waals surface area contributed by atoms with Gasteiger partial charge in [-0.1, -0.05) is 32.3 Å². The quantitative estimate of drug-likeness (QED) is 0.360. The van der Waals surface area contributed by atoms with Crippen molar-refractivity contribution in [1.82, 2.24) is 20.6 Å². The number of rotatable bonds is 9. The number of nitrogens with one attached hydrogen (secondary N) is 2. The first-order chi connectivity index (χ1) is 12.6. The van der Waals surface area contributed by atoms with Gasteiger partial charge in [-0.15, -0.1) is 0 Å². The van der Waals surface area contributed by atoms with Gasteiger partial charge in [0.1, 0.15) is 12.0 Å². The summed E-state index contributed by atoms with van der Waals surface area (Å²) in [4.78, 5) is 23.9. The molecule has 140 valence electrons. The fourth-order valence-corrected chi connectivity index (χ4v) is 2.28. The van der Waals surface area contributed by atoms with Gasteiger partial charge >= 0.3 is 6.01 Å². The molecule has 1 amide bonds. The summed E-state index contributed by atoms with van der Waals surface area (Å²) >= 11 is 0. The lowest BCUT2D eigenvalue weighted by Crippen LogP contribution is -2.31. The number of unbranched alkanes of at least 4 members (excludes halogenated alkanes) is 3. The third kappa shape index (κ3) is 6.54. The molecule has 0 aliphatic carbocycles. The monoisotopic (exact) mass is 358 g/mol. The first-order valence-electron chi connectivity index (χ1n) is 8.82. The zero-order valence-electron chi connectivity index (χ0n) is 15.3. The highest BCUT2D eigenvalue weighted by atomic mass is 16.4. The Kier molecular flexibility index (Phi) is 7.60. The van der Waals surface area contributed by atoms with Gasteiger partial charge in [-0.25, -0.2) is 4.98 Å². The molecule has 2 rings (SSSR count). The lowest BCUT2D eigenvalue weighted by molar-refractivity contribution is -0.119. The second kappa shape index (κ2) is 10.2. The van der Waals surface area contributed by atoms with Crippen LogP contribution >= 0.6 is 0 Å². The summed E-state index contributed by atoms with van der Waals surface area (Å²) in [5, 5.41) is 5.76. The average Bonchev–Trinajstić information content (AvgIpc) is 3.08. The molecule has 8 heteroatoms. The molecule has 4 N–H and O–H groups in total. The minimum atomic E-state index is -0.104. The SMILES string of the molecule is CCCCCCN/C(N)=N/c1nc(-c2cccc(CNC(C)=O)n2)co1. The van der Waals surface area contributed by atoms with Crippen LogP contribution in [0.4, 0.5) is 6.01 Å². The van der Waals surface area contributed by atoms with Crippen LogP contribution in [0.25, 0.3) is 11.4 Å². The van der Waals surface area contributed by atoms with Gasteiger partial charge in [-0.3, -0.25) is 4.79 Å². The van der Waals surface area contributed by atoms with Crippen molar-refractivity contribution in [2.45, 2.75) is 46.1 Å². The van der Waals surface area contributed by atoms with Crippen molar-refractivity contribution in [2.75, 3.05) is 6.54 Å². The zero-order chi connectivity index (χ0) is 18.8. The Hall–Kier alpha value is -2.90. The van der Waals surface area contributed by atoms with Crippen LogP contribution in [0.1, 0.15) is 45.2 Å². The van der Waals surface area contributed by atoms with Crippen molar-refractivity contribution in [3.8, 4) is 11.4 Å². The molecule has 8 nitrogen and oxygen atoms in total. The summed E-state index contributed by atoms with van der Waals surface area (Å²) in [6.07, 6.45) is 6.11. The van der Waals surface area contributed by atoms with E-state index in [0.29, 0.717) is 17.9 Å². The van der Waals surface area contributed by atoms with Gasteiger partial charge in [-0.2, -0.15) is 9.98 Å². The lowest BCUT2D eigenvalue weighted by atomic mass is 10.2. The molecule has 2 aromatic heterocycles. The molecule has 2 aromatic rings. The van der Waals surface area contributed by atoms with Crippen molar-refractivity contribution in [3.63, 3.8) is 0 Å². The summed E-state index contributed by atoms with van der Waals surface area (Å²) in [5.74, 6) is 0.176. The number of amides is 1. The van der Waals surface area contributed by atoms with E-state index in [1.165, 1.54) is 32.4 Å². The van der Waals surface area contributed by atoms with E-state index >= 15 is 0 Å². The van der Waals surface area contributed by atoms with Crippen LogP contribution in [0.3, 0.4) is 0 Å². The second-order valence-corrected chi connectivity index (χ2v) is 5.92. The molecule has 0 saturated carbocycles. The molecule has 0 fully saturated rings. The topological polar surface area (TPSA) is 118 Å². The Labute approximate surface area is 153 Å². The fourth-order valence-electron chi connectivity index (χ4n) is 2.28. The van der Waals surface area contributed by atoms with E-state index < -0.39 is 0 Å². The van der Waals surface area contributed by atoms with Gasteiger partial charge < -0.3 is 20.8 Å². The predicted molar refractivity (Wildman–Crippen MR) is 101 cm³/mol. The Morgan fingerprint density at radius 3 is 2.81 bits per heavy atom. The second-order valence-electron chi connectivity index (χ2n) is 5.92. The smallest absolute Gasteiger partial charge is 0.325 e. The highest BCUT2D eigenvalue weighted by Crippen LogP contribution is 2.20. The fraction of sp³-hybridized carbons (Fsp3) is 0.444. The number of oxazole rings is 1. The van der Waals surface area contributed by atoms with Crippen LogP contribution in [-0.4, -0.2) is 28.4 Å². The van der Waals surface area contributed by atoms with Crippen molar-refractivity contribution in [3.05, 3.63) is 30.2 Å². The van der Waals surface area contributed by atoms with E-state index in [2.05, 4.69) is 32.5 Å². The molecule has 0 aliphatic rings. The third-order valence-corrected chi connectivity index (χ3v) is 3.63. The van der Waals surface area contributed by atoms with Crippen LogP contribution in [0.5, 0.6) is 0 Å². The molecular weight excluding hydrogens is 332 g/mol. The van der Waals surface area contributed by atoms with Crippen LogP contribution in [0.15, 0.2) is 33.9 Å². The van der Waals surface area contributed by atoms with Gasteiger partial charge in [0.2, 0.25) is 5.91 Å². The maximum absolute atomic E-state index is 11.0. The first-order valence-corrected chi connectivity index (χ1v) is 8.82. The highest BCUT2D eigenvalue weighted by Gasteiger charge is 2.08. The van der Waals surface area contributed by atoms with Gasteiger partial charge in [0, 0.05) is 13.5 Å². The number of carbonyl (C=O) groups is 1. The van der Waals surface area contributed by atoms with E-state index in [0.717, 1.165) is 18.7 Å². The lowest BCUT2D eigenvalue weighted by Gasteiger charge is -2.03. The normalized spacial score (nSPS) is 11.4. The van der Waals surface area contributed by atoms with E-state index in [9.17, 15) is 4.79 Å². The Balaban J connectivity index is 1.95. The Bertz CT molecular complexity index is 741. The number of carbonyl (C=O) groups excluding carboxylic acids is 1.